The lowest BCUT2D eigenvalue weighted by molar-refractivity contribution is -0.158. The van der Waals surface area contributed by atoms with Crippen molar-refractivity contribution in [2.45, 2.75) is 27.2 Å². The monoisotopic (exact) mass is 208 g/mol. The minimum absolute atomic E-state index is 0.0718. The molecule has 0 unspecified atom stereocenters. The summed E-state index contributed by atoms with van der Waals surface area (Å²) in [6.07, 6.45) is 0.870. The number of hydrogen-bond donors (Lipinski definition) is 0. The van der Waals surface area contributed by atoms with E-state index in [1.165, 1.54) is 0 Å². The van der Waals surface area contributed by atoms with Crippen molar-refractivity contribution >= 4 is 11.8 Å². The zero-order chi connectivity index (χ0) is 11.4. The summed E-state index contributed by atoms with van der Waals surface area (Å²) in [6, 6.07) is 0. The number of carbonyl (C=O) groups is 2. The number of nitrogens with zero attached hydrogens (tertiary/aromatic N) is 2. The molecular weight excluding hydrogens is 192 g/mol. The van der Waals surface area contributed by atoms with E-state index in [1.54, 1.807) is 30.7 Å². The number of carbonyl (C=O) groups excluding carboxylic acids is 2. The average Bonchev–Trinajstić information content (AvgIpc) is 2.55. The fourth-order valence-electron chi connectivity index (χ4n) is 2.34. The van der Waals surface area contributed by atoms with Gasteiger partial charge >= 0.3 is 0 Å². The van der Waals surface area contributed by atoms with E-state index < -0.39 is 5.41 Å². The van der Waals surface area contributed by atoms with E-state index in [0.717, 1.165) is 17.8 Å². The van der Waals surface area contributed by atoms with Gasteiger partial charge in [-0.15, -0.1) is 0 Å². The molecule has 0 spiro atoms. The van der Waals surface area contributed by atoms with Crippen LogP contribution in [0.4, 0.5) is 0 Å². The van der Waals surface area contributed by atoms with Gasteiger partial charge in [0.2, 0.25) is 11.8 Å². The third kappa shape index (κ3) is 1.14. The van der Waals surface area contributed by atoms with Gasteiger partial charge in [0.25, 0.3) is 0 Å². The van der Waals surface area contributed by atoms with Gasteiger partial charge < -0.3 is 4.90 Å². The number of amides is 2. The third-order valence-corrected chi connectivity index (χ3v) is 3.28. The Morgan fingerprint density at radius 2 is 1.80 bits per heavy atom. The molecular formula is C11H16N2O2. The Bertz CT molecular complexity index is 382. The molecule has 4 heteroatoms. The van der Waals surface area contributed by atoms with Crippen LogP contribution < -0.4 is 0 Å². The summed E-state index contributed by atoms with van der Waals surface area (Å²) in [5.41, 5.74) is 0.206. The molecule has 0 aromatic heterocycles. The summed E-state index contributed by atoms with van der Waals surface area (Å²) in [5, 5.41) is 0. The van der Waals surface area contributed by atoms with E-state index in [1.807, 2.05) is 6.92 Å². The van der Waals surface area contributed by atoms with Crippen LogP contribution in [0.15, 0.2) is 11.4 Å². The molecule has 0 saturated carbocycles. The highest BCUT2D eigenvalue weighted by molar-refractivity contribution is 6.08. The Morgan fingerprint density at radius 3 is 2.40 bits per heavy atom. The van der Waals surface area contributed by atoms with Crippen molar-refractivity contribution in [3.63, 3.8) is 0 Å². The minimum Gasteiger partial charge on any atom is -0.300 e. The van der Waals surface area contributed by atoms with E-state index in [9.17, 15) is 9.59 Å². The Hall–Kier alpha value is -1.32. The molecule has 0 aromatic rings. The molecule has 1 saturated heterocycles. The van der Waals surface area contributed by atoms with Crippen molar-refractivity contribution < 1.29 is 9.59 Å². The highest BCUT2D eigenvalue weighted by Crippen LogP contribution is 2.37. The van der Waals surface area contributed by atoms with Gasteiger partial charge in [0, 0.05) is 13.6 Å². The summed E-state index contributed by atoms with van der Waals surface area (Å²) in [6.45, 7) is 6.07. The molecule has 0 atom stereocenters. The summed E-state index contributed by atoms with van der Waals surface area (Å²) in [5.74, 6) is 0.613. The molecule has 0 aromatic carbocycles. The van der Waals surface area contributed by atoms with Crippen molar-refractivity contribution in [3.05, 3.63) is 11.4 Å². The second-order valence-electron chi connectivity index (χ2n) is 4.80. The lowest BCUT2D eigenvalue weighted by Gasteiger charge is -2.41. The maximum Gasteiger partial charge on any atom is 0.243 e. The fourth-order valence-corrected chi connectivity index (χ4v) is 2.34. The summed E-state index contributed by atoms with van der Waals surface area (Å²) < 4.78 is 0. The Balaban J connectivity index is 2.51. The molecule has 2 amide bonds. The molecule has 82 valence electrons. The molecule has 2 aliphatic rings. The SMILES string of the molecule is CC1=C2N(C)C(=O)C(C)(C)C(=O)N2CC1. The van der Waals surface area contributed by atoms with Crippen LogP contribution in [-0.2, 0) is 9.59 Å². The summed E-state index contributed by atoms with van der Waals surface area (Å²) in [7, 11) is 1.74. The highest BCUT2D eigenvalue weighted by atomic mass is 16.2. The standard InChI is InChI=1S/C11H16N2O2/c1-7-5-6-13-8(7)12(4)9(14)11(2,3)10(13)15/h5-6H2,1-4H3. The lowest BCUT2D eigenvalue weighted by Crippen LogP contribution is -2.56. The molecule has 0 N–H and O–H groups in total. The molecule has 4 nitrogen and oxygen atoms in total. The van der Waals surface area contributed by atoms with Crippen molar-refractivity contribution in [1.82, 2.24) is 9.80 Å². The van der Waals surface area contributed by atoms with Crippen LogP contribution in [0.1, 0.15) is 27.2 Å². The largest absolute Gasteiger partial charge is 0.300 e. The lowest BCUT2D eigenvalue weighted by atomic mass is 9.88. The smallest absolute Gasteiger partial charge is 0.243 e. The van der Waals surface area contributed by atoms with Gasteiger partial charge in [-0.25, -0.2) is 0 Å². The first-order valence-corrected chi connectivity index (χ1v) is 5.17. The van der Waals surface area contributed by atoms with Crippen molar-refractivity contribution in [3.8, 4) is 0 Å². The van der Waals surface area contributed by atoms with Gasteiger partial charge in [0.15, 0.2) is 0 Å². The first-order valence-electron chi connectivity index (χ1n) is 5.17. The van der Waals surface area contributed by atoms with Crippen LogP contribution in [0, 0.1) is 5.41 Å². The van der Waals surface area contributed by atoms with Gasteiger partial charge in [-0.1, -0.05) is 0 Å². The van der Waals surface area contributed by atoms with Crippen LogP contribution >= 0.6 is 0 Å². The molecule has 0 aliphatic carbocycles. The van der Waals surface area contributed by atoms with Crippen molar-refractivity contribution in [2.75, 3.05) is 13.6 Å². The number of hydrogen-bond acceptors (Lipinski definition) is 2. The Morgan fingerprint density at radius 1 is 1.20 bits per heavy atom. The topological polar surface area (TPSA) is 40.6 Å². The Labute approximate surface area is 89.5 Å². The maximum absolute atomic E-state index is 12.1. The van der Waals surface area contributed by atoms with Gasteiger partial charge in [-0.05, 0) is 32.8 Å². The highest BCUT2D eigenvalue weighted by Gasteiger charge is 2.49. The predicted molar refractivity (Wildman–Crippen MR) is 55.6 cm³/mol. The second kappa shape index (κ2) is 2.84. The quantitative estimate of drug-likeness (QED) is 0.556. The van der Waals surface area contributed by atoms with E-state index in [-0.39, 0.29) is 11.8 Å². The van der Waals surface area contributed by atoms with E-state index >= 15 is 0 Å². The maximum atomic E-state index is 12.1. The van der Waals surface area contributed by atoms with Crippen LogP contribution in [0.3, 0.4) is 0 Å². The summed E-state index contributed by atoms with van der Waals surface area (Å²) in [4.78, 5) is 27.4. The predicted octanol–water partition coefficient (Wildman–Crippen LogP) is 0.948. The van der Waals surface area contributed by atoms with Crippen LogP contribution in [0.5, 0.6) is 0 Å². The third-order valence-electron chi connectivity index (χ3n) is 3.28. The van der Waals surface area contributed by atoms with Gasteiger partial charge in [-0.3, -0.25) is 14.5 Å². The Kier molecular flexibility index (Phi) is 1.93. The average molecular weight is 208 g/mol. The summed E-state index contributed by atoms with van der Waals surface area (Å²) >= 11 is 0. The molecule has 2 rings (SSSR count). The molecule has 0 radical (unpaired) electrons. The zero-order valence-electron chi connectivity index (χ0n) is 9.63. The van der Waals surface area contributed by atoms with Gasteiger partial charge in [-0.2, -0.15) is 0 Å². The molecule has 2 aliphatic heterocycles. The number of fused-ring (bicyclic) bond motifs is 1. The van der Waals surface area contributed by atoms with Crippen molar-refractivity contribution in [2.24, 2.45) is 5.41 Å². The van der Waals surface area contributed by atoms with Crippen molar-refractivity contribution in [1.29, 1.82) is 0 Å². The number of rotatable bonds is 0. The van der Waals surface area contributed by atoms with E-state index in [2.05, 4.69) is 0 Å². The van der Waals surface area contributed by atoms with E-state index in [4.69, 9.17) is 0 Å². The fraction of sp³-hybridized carbons (Fsp3) is 0.636. The van der Waals surface area contributed by atoms with Crippen LogP contribution in [-0.4, -0.2) is 35.2 Å². The van der Waals surface area contributed by atoms with Gasteiger partial charge in [0.1, 0.15) is 11.2 Å². The van der Waals surface area contributed by atoms with Crippen LogP contribution in [0.25, 0.3) is 0 Å². The first-order chi connectivity index (χ1) is 6.87. The second-order valence-corrected chi connectivity index (χ2v) is 4.80. The molecule has 2 heterocycles. The normalized spacial score (nSPS) is 25.1. The molecule has 0 bridgehead atoms. The zero-order valence-corrected chi connectivity index (χ0v) is 9.63. The van der Waals surface area contributed by atoms with E-state index in [0.29, 0.717) is 6.54 Å². The minimum atomic E-state index is -0.914. The molecule has 1 fully saturated rings. The van der Waals surface area contributed by atoms with Gasteiger partial charge in [0.05, 0.1) is 0 Å². The molecule has 15 heavy (non-hydrogen) atoms. The van der Waals surface area contributed by atoms with Crippen LogP contribution in [0.2, 0.25) is 0 Å². The first kappa shape index (κ1) is 10.2.